The number of nitrogens with zero attached hydrogens (tertiary/aromatic N) is 2. The van der Waals surface area contributed by atoms with Gasteiger partial charge in [-0.1, -0.05) is 0 Å². The fraction of sp³-hybridized carbons (Fsp3) is 0.0833. The second-order valence-corrected chi connectivity index (χ2v) is 4.02. The number of hydrogen-bond donors (Lipinski definition) is 2. The molecule has 2 N–H and O–H groups in total. The number of nitro groups is 1. The lowest BCUT2D eigenvalue weighted by Crippen LogP contribution is -2.14. The molecule has 0 fully saturated rings. The summed E-state index contributed by atoms with van der Waals surface area (Å²) < 4.78 is 4.87. The second kappa shape index (κ2) is 5.41. The zero-order chi connectivity index (χ0) is 15.6. The third-order valence-corrected chi connectivity index (χ3v) is 2.64. The van der Waals surface area contributed by atoms with Crippen molar-refractivity contribution in [1.82, 2.24) is 4.98 Å². The summed E-state index contributed by atoms with van der Waals surface area (Å²) in [6.07, 6.45) is 1.08. The molecule has 0 atom stereocenters. The van der Waals surface area contributed by atoms with E-state index in [-0.39, 0.29) is 17.0 Å². The highest BCUT2D eigenvalue weighted by Crippen LogP contribution is 2.26. The normalized spacial score (nSPS) is 10.1. The van der Waals surface area contributed by atoms with E-state index in [1.807, 2.05) is 0 Å². The Bertz CT molecular complexity index is 736. The first kappa shape index (κ1) is 14.2. The van der Waals surface area contributed by atoms with Crippen molar-refractivity contribution < 1.29 is 24.0 Å². The molecule has 0 radical (unpaired) electrons. The number of oxazole rings is 1. The highest BCUT2D eigenvalue weighted by atomic mass is 16.6. The maximum Gasteiger partial charge on any atom is 0.335 e. The molecule has 108 valence electrons. The van der Waals surface area contributed by atoms with Gasteiger partial charge in [0.05, 0.1) is 16.2 Å². The van der Waals surface area contributed by atoms with E-state index >= 15 is 0 Å². The van der Waals surface area contributed by atoms with Gasteiger partial charge in [-0.3, -0.25) is 14.9 Å². The molecule has 0 spiro atoms. The Hall–Kier alpha value is -3.23. The number of benzene rings is 1. The molecule has 1 aromatic heterocycles. The van der Waals surface area contributed by atoms with E-state index < -0.39 is 22.5 Å². The van der Waals surface area contributed by atoms with Crippen molar-refractivity contribution in [2.24, 2.45) is 0 Å². The summed E-state index contributed by atoms with van der Waals surface area (Å²) in [5, 5.41) is 22.1. The standard InChI is InChI=1S/C12H9N3O6/c1-6-10(21-5-13-6)11(16)14-8-3-2-7(12(17)18)4-9(8)15(19)20/h2-5H,1H3,(H,14,16)(H,17,18). The topological polar surface area (TPSA) is 136 Å². The van der Waals surface area contributed by atoms with E-state index in [2.05, 4.69) is 10.3 Å². The van der Waals surface area contributed by atoms with Gasteiger partial charge < -0.3 is 14.8 Å². The van der Waals surface area contributed by atoms with Gasteiger partial charge >= 0.3 is 5.97 Å². The van der Waals surface area contributed by atoms with Crippen LogP contribution in [-0.4, -0.2) is 26.9 Å². The molecular weight excluding hydrogens is 282 g/mol. The summed E-state index contributed by atoms with van der Waals surface area (Å²) >= 11 is 0. The molecule has 2 rings (SSSR count). The number of aryl methyl sites for hydroxylation is 1. The molecule has 1 heterocycles. The summed E-state index contributed by atoms with van der Waals surface area (Å²) in [6, 6.07) is 3.16. The maximum atomic E-state index is 11.9. The lowest BCUT2D eigenvalue weighted by Gasteiger charge is -2.05. The van der Waals surface area contributed by atoms with Crippen LogP contribution in [0.15, 0.2) is 29.0 Å². The largest absolute Gasteiger partial charge is 0.478 e. The van der Waals surface area contributed by atoms with E-state index in [1.165, 1.54) is 0 Å². The van der Waals surface area contributed by atoms with Crippen molar-refractivity contribution in [3.63, 3.8) is 0 Å². The molecule has 1 amide bonds. The minimum absolute atomic E-state index is 0.0772. The molecule has 0 saturated carbocycles. The third-order valence-electron chi connectivity index (χ3n) is 2.64. The van der Waals surface area contributed by atoms with Gasteiger partial charge in [0.2, 0.25) is 5.76 Å². The van der Waals surface area contributed by atoms with Crippen LogP contribution in [-0.2, 0) is 0 Å². The summed E-state index contributed by atoms with van der Waals surface area (Å²) in [5.74, 6) is -2.09. The molecule has 0 unspecified atom stereocenters. The number of aromatic nitrogens is 1. The molecular formula is C12H9N3O6. The van der Waals surface area contributed by atoms with E-state index in [0.29, 0.717) is 5.69 Å². The van der Waals surface area contributed by atoms with Crippen molar-refractivity contribution in [2.75, 3.05) is 5.32 Å². The van der Waals surface area contributed by atoms with Crippen LogP contribution in [0, 0.1) is 17.0 Å². The zero-order valence-electron chi connectivity index (χ0n) is 10.7. The number of hydrogen-bond acceptors (Lipinski definition) is 6. The highest BCUT2D eigenvalue weighted by molar-refractivity contribution is 6.04. The smallest absolute Gasteiger partial charge is 0.335 e. The number of rotatable bonds is 4. The van der Waals surface area contributed by atoms with E-state index in [9.17, 15) is 19.7 Å². The Balaban J connectivity index is 2.36. The molecule has 9 nitrogen and oxygen atoms in total. The second-order valence-electron chi connectivity index (χ2n) is 4.02. The van der Waals surface area contributed by atoms with Crippen LogP contribution in [0.25, 0.3) is 0 Å². The van der Waals surface area contributed by atoms with Gasteiger partial charge in [-0.25, -0.2) is 9.78 Å². The average molecular weight is 291 g/mol. The van der Waals surface area contributed by atoms with Crippen molar-refractivity contribution in [3.05, 3.63) is 51.7 Å². The monoisotopic (exact) mass is 291 g/mol. The van der Waals surface area contributed by atoms with Gasteiger partial charge in [0.15, 0.2) is 6.39 Å². The lowest BCUT2D eigenvalue weighted by molar-refractivity contribution is -0.383. The van der Waals surface area contributed by atoms with Crippen molar-refractivity contribution in [1.29, 1.82) is 0 Å². The van der Waals surface area contributed by atoms with Crippen LogP contribution in [0.5, 0.6) is 0 Å². The van der Waals surface area contributed by atoms with E-state index in [1.54, 1.807) is 6.92 Å². The van der Waals surface area contributed by atoms with Crippen LogP contribution in [0.4, 0.5) is 11.4 Å². The van der Waals surface area contributed by atoms with Crippen molar-refractivity contribution in [2.45, 2.75) is 6.92 Å². The zero-order valence-corrected chi connectivity index (χ0v) is 10.7. The van der Waals surface area contributed by atoms with Gasteiger partial charge in [0, 0.05) is 6.07 Å². The predicted octanol–water partition coefficient (Wildman–Crippen LogP) is 1.84. The molecule has 9 heteroatoms. The summed E-state index contributed by atoms with van der Waals surface area (Å²) in [6.45, 7) is 1.54. The average Bonchev–Trinajstić information content (AvgIpc) is 2.85. The Labute approximate surface area is 117 Å². The van der Waals surface area contributed by atoms with Crippen molar-refractivity contribution >= 4 is 23.3 Å². The first-order valence-electron chi connectivity index (χ1n) is 5.63. The Kier molecular flexibility index (Phi) is 3.65. The summed E-state index contributed by atoms with van der Waals surface area (Å²) in [7, 11) is 0. The molecule has 0 bridgehead atoms. The summed E-state index contributed by atoms with van der Waals surface area (Å²) in [5.41, 5.74) is -0.584. The highest BCUT2D eigenvalue weighted by Gasteiger charge is 2.21. The van der Waals surface area contributed by atoms with E-state index in [0.717, 1.165) is 24.6 Å². The molecule has 0 aliphatic heterocycles. The number of amides is 1. The minimum atomic E-state index is -1.30. The van der Waals surface area contributed by atoms with Crippen LogP contribution in [0.2, 0.25) is 0 Å². The predicted molar refractivity (Wildman–Crippen MR) is 69.2 cm³/mol. The molecule has 0 aliphatic rings. The molecule has 2 aromatic rings. The minimum Gasteiger partial charge on any atom is -0.478 e. The number of nitrogens with one attached hydrogen (secondary N) is 1. The molecule has 0 aliphatic carbocycles. The molecule has 1 aromatic carbocycles. The van der Waals surface area contributed by atoms with Crippen LogP contribution >= 0.6 is 0 Å². The van der Waals surface area contributed by atoms with Gasteiger partial charge in [-0.15, -0.1) is 0 Å². The fourth-order valence-corrected chi connectivity index (χ4v) is 1.62. The van der Waals surface area contributed by atoms with Crippen molar-refractivity contribution in [3.8, 4) is 0 Å². The number of carboxylic acids is 1. The third kappa shape index (κ3) is 2.86. The van der Waals surface area contributed by atoms with Crippen LogP contribution in [0.3, 0.4) is 0 Å². The number of carbonyl (C=O) groups is 2. The van der Waals surface area contributed by atoms with Gasteiger partial charge in [0.1, 0.15) is 5.69 Å². The quantitative estimate of drug-likeness (QED) is 0.647. The van der Waals surface area contributed by atoms with Crippen LogP contribution < -0.4 is 5.32 Å². The number of carbonyl (C=O) groups excluding carboxylic acids is 1. The van der Waals surface area contributed by atoms with E-state index in [4.69, 9.17) is 9.52 Å². The fourth-order valence-electron chi connectivity index (χ4n) is 1.62. The Morgan fingerprint density at radius 2 is 2.14 bits per heavy atom. The lowest BCUT2D eigenvalue weighted by atomic mass is 10.1. The van der Waals surface area contributed by atoms with Gasteiger partial charge in [-0.05, 0) is 19.1 Å². The number of aromatic carboxylic acids is 1. The number of carboxylic acid groups (broad SMARTS) is 1. The summed E-state index contributed by atoms with van der Waals surface area (Å²) in [4.78, 5) is 36.6. The SMILES string of the molecule is Cc1ncoc1C(=O)Nc1ccc(C(=O)O)cc1[N+](=O)[O-]. The Morgan fingerprint density at radius 1 is 1.43 bits per heavy atom. The van der Waals surface area contributed by atoms with Gasteiger partial charge in [0.25, 0.3) is 11.6 Å². The first-order valence-corrected chi connectivity index (χ1v) is 5.63. The Morgan fingerprint density at radius 3 is 2.67 bits per heavy atom. The molecule has 21 heavy (non-hydrogen) atoms. The van der Waals surface area contributed by atoms with Gasteiger partial charge in [-0.2, -0.15) is 0 Å². The number of nitro benzene ring substituents is 1. The molecule has 0 saturated heterocycles. The maximum absolute atomic E-state index is 11.9. The first-order chi connectivity index (χ1) is 9.90. The van der Waals surface area contributed by atoms with Crippen LogP contribution in [0.1, 0.15) is 26.6 Å². The number of anilines is 1.